The molecule has 88 valence electrons. The van der Waals surface area contributed by atoms with E-state index in [0.29, 0.717) is 17.4 Å². The van der Waals surface area contributed by atoms with Gasteiger partial charge in [0.25, 0.3) is 0 Å². The molecule has 1 nitrogen and oxygen atoms in total. The first kappa shape index (κ1) is 11.5. The molecule has 1 heteroatoms. The van der Waals surface area contributed by atoms with E-state index >= 15 is 0 Å². The maximum atomic E-state index is 3.64. The lowest BCUT2D eigenvalue weighted by Gasteiger charge is -2.22. The fraction of sp³-hybridized carbons (Fsp3) is 0.600. The largest absolute Gasteiger partial charge is 0.382 e. The molecule has 0 saturated heterocycles. The normalized spacial score (nSPS) is 19.6. The Labute approximate surface area is 99.3 Å². The highest BCUT2D eigenvalue weighted by molar-refractivity contribution is 5.47. The highest BCUT2D eigenvalue weighted by atomic mass is 14.9. The van der Waals surface area contributed by atoms with Gasteiger partial charge in [-0.1, -0.05) is 32.9 Å². The van der Waals surface area contributed by atoms with E-state index in [0.717, 1.165) is 0 Å². The molecule has 16 heavy (non-hydrogen) atoms. The summed E-state index contributed by atoms with van der Waals surface area (Å²) in [6, 6.07) is 9.40. The van der Waals surface area contributed by atoms with Crippen LogP contribution in [-0.4, -0.2) is 6.04 Å². The third-order valence-electron chi connectivity index (χ3n) is 4.02. The topological polar surface area (TPSA) is 12.0 Å². The SMILES string of the molecule is CC(C)c1cccc(NC(C)C2(C)CC2)c1. The third-order valence-corrected chi connectivity index (χ3v) is 4.02. The van der Waals surface area contributed by atoms with Gasteiger partial charge in [0, 0.05) is 11.7 Å². The first-order valence-electron chi connectivity index (χ1n) is 6.38. The Morgan fingerprint density at radius 3 is 2.44 bits per heavy atom. The van der Waals surface area contributed by atoms with Crippen molar-refractivity contribution in [3.63, 3.8) is 0 Å². The lowest BCUT2D eigenvalue weighted by Crippen LogP contribution is -2.24. The molecule has 1 N–H and O–H groups in total. The summed E-state index contributed by atoms with van der Waals surface area (Å²) < 4.78 is 0. The molecule has 1 aromatic carbocycles. The van der Waals surface area contributed by atoms with Crippen molar-refractivity contribution in [1.82, 2.24) is 0 Å². The summed E-state index contributed by atoms with van der Waals surface area (Å²) in [5.74, 6) is 0.605. The molecule has 0 heterocycles. The van der Waals surface area contributed by atoms with Crippen LogP contribution < -0.4 is 5.32 Å². The van der Waals surface area contributed by atoms with E-state index in [1.54, 1.807) is 0 Å². The summed E-state index contributed by atoms with van der Waals surface area (Å²) in [7, 11) is 0. The lowest BCUT2D eigenvalue weighted by atomic mass is 9.99. The van der Waals surface area contributed by atoms with Crippen molar-refractivity contribution in [1.29, 1.82) is 0 Å². The third kappa shape index (κ3) is 2.40. The van der Waals surface area contributed by atoms with E-state index in [1.165, 1.54) is 24.1 Å². The monoisotopic (exact) mass is 217 g/mol. The van der Waals surface area contributed by atoms with Crippen molar-refractivity contribution >= 4 is 5.69 Å². The Morgan fingerprint density at radius 1 is 1.19 bits per heavy atom. The van der Waals surface area contributed by atoms with Crippen molar-refractivity contribution in [2.24, 2.45) is 5.41 Å². The van der Waals surface area contributed by atoms with Gasteiger partial charge in [0.15, 0.2) is 0 Å². The Hall–Kier alpha value is -0.980. The van der Waals surface area contributed by atoms with Gasteiger partial charge in [-0.2, -0.15) is 0 Å². The highest BCUT2D eigenvalue weighted by Gasteiger charge is 2.42. The van der Waals surface area contributed by atoms with Crippen LogP contribution in [0.3, 0.4) is 0 Å². The molecular formula is C15H23N. The molecule has 0 spiro atoms. The summed E-state index contributed by atoms with van der Waals surface area (Å²) in [6.45, 7) is 9.15. The zero-order chi connectivity index (χ0) is 11.8. The van der Waals surface area contributed by atoms with Crippen molar-refractivity contribution in [2.75, 3.05) is 5.32 Å². The first-order valence-corrected chi connectivity index (χ1v) is 6.38. The van der Waals surface area contributed by atoms with Crippen molar-refractivity contribution in [2.45, 2.75) is 52.5 Å². The maximum Gasteiger partial charge on any atom is 0.0345 e. The molecule has 0 amide bonds. The second kappa shape index (κ2) is 4.12. The fourth-order valence-electron chi connectivity index (χ4n) is 2.04. The van der Waals surface area contributed by atoms with Gasteiger partial charge >= 0.3 is 0 Å². The lowest BCUT2D eigenvalue weighted by molar-refractivity contribution is 0.493. The highest BCUT2D eigenvalue weighted by Crippen LogP contribution is 2.48. The molecule has 1 unspecified atom stereocenters. The van der Waals surface area contributed by atoms with Gasteiger partial charge in [-0.25, -0.2) is 0 Å². The fourth-order valence-corrected chi connectivity index (χ4v) is 2.04. The number of benzene rings is 1. The number of nitrogens with one attached hydrogen (secondary N) is 1. The molecule has 0 aliphatic heterocycles. The molecule has 1 atom stereocenters. The Morgan fingerprint density at radius 2 is 1.88 bits per heavy atom. The van der Waals surface area contributed by atoms with Gasteiger partial charge in [-0.15, -0.1) is 0 Å². The van der Waals surface area contributed by atoms with Gasteiger partial charge in [-0.05, 0) is 48.8 Å². The minimum atomic E-state index is 0.536. The van der Waals surface area contributed by atoms with E-state index < -0.39 is 0 Å². The molecule has 1 saturated carbocycles. The van der Waals surface area contributed by atoms with Crippen LogP contribution in [0.25, 0.3) is 0 Å². The standard InChI is InChI=1S/C15H23N/c1-11(2)13-6-5-7-14(10-13)16-12(3)15(4)8-9-15/h5-7,10-12,16H,8-9H2,1-4H3. The molecule has 2 rings (SSSR count). The Balaban J connectivity index is 2.06. The molecule has 0 aromatic heterocycles. The second-order valence-corrected chi connectivity index (χ2v) is 5.80. The molecule has 1 fully saturated rings. The Kier molecular flexibility index (Phi) is 2.96. The Bertz CT molecular complexity index is 363. The van der Waals surface area contributed by atoms with Crippen LogP contribution >= 0.6 is 0 Å². The number of hydrogen-bond donors (Lipinski definition) is 1. The van der Waals surface area contributed by atoms with Crippen LogP contribution in [0.2, 0.25) is 0 Å². The molecule has 1 aliphatic carbocycles. The average molecular weight is 217 g/mol. The molecule has 0 radical (unpaired) electrons. The predicted octanol–water partition coefficient (Wildman–Crippen LogP) is 4.41. The van der Waals surface area contributed by atoms with Crippen LogP contribution in [0.4, 0.5) is 5.69 Å². The molecule has 1 aromatic rings. The molecule has 0 bridgehead atoms. The predicted molar refractivity (Wildman–Crippen MR) is 71.0 cm³/mol. The number of anilines is 1. The van der Waals surface area contributed by atoms with Crippen LogP contribution in [-0.2, 0) is 0 Å². The first-order chi connectivity index (χ1) is 7.51. The van der Waals surface area contributed by atoms with Crippen LogP contribution in [0.1, 0.15) is 52.0 Å². The van der Waals surface area contributed by atoms with Gasteiger partial charge in [0.2, 0.25) is 0 Å². The summed E-state index contributed by atoms with van der Waals surface area (Å²) in [5, 5.41) is 3.64. The summed E-state index contributed by atoms with van der Waals surface area (Å²) in [6.07, 6.45) is 2.73. The molecule has 1 aliphatic rings. The molecular weight excluding hydrogens is 194 g/mol. The summed E-state index contributed by atoms with van der Waals surface area (Å²) in [4.78, 5) is 0. The van der Waals surface area contributed by atoms with Gasteiger partial charge in [0.05, 0.1) is 0 Å². The average Bonchev–Trinajstić information content (AvgIpc) is 2.98. The van der Waals surface area contributed by atoms with Crippen LogP contribution in [0, 0.1) is 5.41 Å². The smallest absolute Gasteiger partial charge is 0.0345 e. The number of hydrogen-bond acceptors (Lipinski definition) is 1. The van der Waals surface area contributed by atoms with Crippen molar-refractivity contribution in [3.8, 4) is 0 Å². The van der Waals surface area contributed by atoms with E-state index in [9.17, 15) is 0 Å². The zero-order valence-corrected chi connectivity index (χ0v) is 10.9. The maximum absolute atomic E-state index is 3.64. The zero-order valence-electron chi connectivity index (χ0n) is 10.9. The van der Waals surface area contributed by atoms with Gasteiger partial charge < -0.3 is 5.32 Å². The summed E-state index contributed by atoms with van der Waals surface area (Å²) in [5.41, 5.74) is 3.22. The van der Waals surface area contributed by atoms with Gasteiger partial charge in [0.1, 0.15) is 0 Å². The second-order valence-electron chi connectivity index (χ2n) is 5.80. The van der Waals surface area contributed by atoms with E-state index in [-0.39, 0.29) is 0 Å². The van der Waals surface area contributed by atoms with E-state index in [4.69, 9.17) is 0 Å². The van der Waals surface area contributed by atoms with Crippen LogP contribution in [0.5, 0.6) is 0 Å². The minimum Gasteiger partial charge on any atom is -0.382 e. The summed E-state index contributed by atoms with van der Waals surface area (Å²) >= 11 is 0. The minimum absolute atomic E-state index is 0.536. The van der Waals surface area contributed by atoms with Crippen LogP contribution in [0.15, 0.2) is 24.3 Å². The van der Waals surface area contributed by atoms with E-state index in [1.807, 2.05) is 0 Å². The van der Waals surface area contributed by atoms with Crippen molar-refractivity contribution < 1.29 is 0 Å². The van der Waals surface area contributed by atoms with E-state index in [2.05, 4.69) is 57.3 Å². The van der Waals surface area contributed by atoms with Gasteiger partial charge in [-0.3, -0.25) is 0 Å². The quantitative estimate of drug-likeness (QED) is 0.787. The van der Waals surface area contributed by atoms with Crippen molar-refractivity contribution in [3.05, 3.63) is 29.8 Å². The number of rotatable bonds is 4.